The number of halogens is 5. The summed E-state index contributed by atoms with van der Waals surface area (Å²) in [6, 6.07) is -1.33. The minimum absolute atomic E-state index is 0.503. The van der Waals surface area contributed by atoms with Gasteiger partial charge in [-0.05, 0) is 0 Å². The van der Waals surface area contributed by atoms with E-state index in [9.17, 15) is 26.7 Å². The number of carbonyl (C=O) groups excluding carboxylic acids is 1. The maximum absolute atomic E-state index is 13.3. The fourth-order valence-corrected chi connectivity index (χ4v) is 1.58. The summed E-state index contributed by atoms with van der Waals surface area (Å²) >= 11 is 0. The van der Waals surface area contributed by atoms with Crippen LogP contribution in [0.5, 0.6) is 0 Å². The quantitative estimate of drug-likeness (QED) is 0.523. The van der Waals surface area contributed by atoms with E-state index in [1.807, 2.05) is 0 Å². The summed E-state index contributed by atoms with van der Waals surface area (Å²) in [5.74, 6) is -11.3. The van der Waals surface area contributed by atoms with Crippen molar-refractivity contribution in [3.63, 3.8) is 0 Å². The fraction of sp³-hybridized carbons (Fsp3) is 0.417. The van der Waals surface area contributed by atoms with Crippen LogP contribution in [-0.2, 0) is 11.2 Å². The highest BCUT2D eigenvalue weighted by atomic mass is 19.2. The maximum atomic E-state index is 13.3. The Morgan fingerprint density at radius 3 is 1.68 bits per heavy atom. The first-order valence-electron chi connectivity index (χ1n) is 5.48. The SMILES string of the molecule is CC(C)C(=O)[C@@H](N)Cc1c(F)c(F)c(F)c(F)c1F. The minimum Gasteiger partial charge on any atom is -0.321 e. The van der Waals surface area contributed by atoms with Gasteiger partial charge in [-0.2, -0.15) is 0 Å². The number of nitrogens with two attached hydrogens (primary N) is 1. The summed E-state index contributed by atoms with van der Waals surface area (Å²) < 4.78 is 65.3. The van der Waals surface area contributed by atoms with Crippen molar-refractivity contribution >= 4 is 5.78 Å². The van der Waals surface area contributed by atoms with E-state index in [-0.39, 0.29) is 0 Å². The van der Waals surface area contributed by atoms with Crippen molar-refractivity contribution in [3.05, 3.63) is 34.6 Å². The van der Waals surface area contributed by atoms with E-state index in [1.165, 1.54) is 13.8 Å². The van der Waals surface area contributed by atoms with Gasteiger partial charge in [-0.25, -0.2) is 22.0 Å². The van der Waals surface area contributed by atoms with Crippen molar-refractivity contribution < 1.29 is 26.7 Å². The lowest BCUT2D eigenvalue weighted by molar-refractivity contribution is -0.123. The maximum Gasteiger partial charge on any atom is 0.200 e. The molecule has 1 aromatic rings. The fourth-order valence-electron chi connectivity index (χ4n) is 1.58. The van der Waals surface area contributed by atoms with E-state index in [1.54, 1.807) is 0 Å². The van der Waals surface area contributed by atoms with Gasteiger partial charge >= 0.3 is 0 Å². The van der Waals surface area contributed by atoms with Crippen molar-refractivity contribution in [1.29, 1.82) is 0 Å². The molecule has 1 atom stereocenters. The van der Waals surface area contributed by atoms with Crippen LogP contribution in [0.15, 0.2) is 0 Å². The zero-order valence-electron chi connectivity index (χ0n) is 10.2. The molecule has 0 radical (unpaired) electrons. The van der Waals surface area contributed by atoms with Crippen molar-refractivity contribution in [1.82, 2.24) is 0 Å². The normalized spacial score (nSPS) is 12.9. The van der Waals surface area contributed by atoms with Crippen LogP contribution in [0, 0.1) is 35.0 Å². The van der Waals surface area contributed by atoms with Crippen LogP contribution in [0.3, 0.4) is 0 Å². The van der Waals surface area contributed by atoms with E-state index < -0.39 is 58.8 Å². The van der Waals surface area contributed by atoms with Gasteiger partial charge in [0.15, 0.2) is 29.1 Å². The molecule has 0 amide bonds. The van der Waals surface area contributed by atoms with Gasteiger partial charge in [0.05, 0.1) is 6.04 Å². The molecular weight excluding hydrogens is 269 g/mol. The molecule has 0 saturated heterocycles. The van der Waals surface area contributed by atoms with E-state index in [4.69, 9.17) is 5.73 Å². The molecular formula is C12H12F5NO. The van der Waals surface area contributed by atoms with Gasteiger partial charge in [0.25, 0.3) is 0 Å². The van der Waals surface area contributed by atoms with Crippen molar-refractivity contribution in [2.75, 3.05) is 0 Å². The van der Waals surface area contributed by atoms with Gasteiger partial charge in [-0.3, -0.25) is 4.79 Å². The molecule has 0 aliphatic carbocycles. The molecule has 0 saturated carbocycles. The molecule has 0 bridgehead atoms. The van der Waals surface area contributed by atoms with E-state index in [0.29, 0.717) is 0 Å². The van der Waals surface area contributed by atoms with Crippen LogP contribution < -0.4 is 5.73 Å². The molecule has 106 valence electrons. The van der Waals surface area contributed by atoms with Crippen molar-refractivity contribution in [3.8, 4) is 0 Å². The van der Waals surface area contributed by atoms with Gasteiger partial charge in [0.1, 0.15) is 0 Å². The van der Waals surface area contributed by atoms with Gasteiger partial charge in [-0.1, -0.05) is 13.8 Å². The van der Waals surface area contributed by atoms with Gasteiger partial charge < -0.3 is 5.73 Å². The van der Waals surface area contributed by atoms with Crippen LogP contribution in [-0.4, -0.2) is 11.8 Å². The predicted molar refractivity (Wildman–Crippen MR) is 57.8 cm³/mol. The molecule has 19 heavy (non-hydrogen) atoms. The number of benzene rings is 1. The number of hydrogen-bond donors (Lipinski definition) is 1. The molecule has 2 nitrogen and oxygen atoms in total. The van der Waals surface area contributed by atoms with Crippen LogP contribution >= 0.6 is 0 Å². The Balaban J connectivity index is 3.19. The molecule has 0 spiro atoms. The summed E-state index contributed by atoms with van der Waals surface area (Å²) in [7, 11) is 0. The van der Waals surface area contributed by atoms with E-state index in [2.05, 4.69) is 0 Å². The lowest BCUT2D eigenvalue weighted by atomic mass is 9.96. The predicted octanol–water partition coefficient (Wildman–Crippen LogP) is 2.48. The average molecular weight is 281 g/mol. The van der Waals surface area contributed by atoms with Gasteiger partial charge in [0, 0.05) is 17.9 Å². The Bertz CT molecular complexity index is 486. The monoisotopic (exact) mass is 281 g/mol. The first-order chi connectivity index (χ1) is 8.68. The zero-order valence-corrected chi connectivity index (χ0v) is 10.2. The number of hydrogen-bond acceptors (Lipinski definition) is 2. The van der Waals surface area contributed by atoms with E-state index >= 15 is 0 Å². The highest BCUT2D eigenvalue weighted by Crippen LogP contribution is 2.24. The van der Waals surface area contributed by atoms with Crippen LogP contribution in [0.4, 0.5) is 22.0 Å². The molecule has 0 aliphatic heterocycles. The van der Waals surface area contributed by atoms with Crippen molar-refractivity contribution in [2.24, 2.45) is 11.7 Å². The Labute approximate surface area is 106 Å². The second-order valence-corrected chi connectivity index (χ2v) is 4.42. The van der Waals surface area contributed by atoms with Crippen LogP contribution in [0.1, 0.15) is 19.4 Å². The highest BCUT2D eigenvalue weighted by Gasteiger charge is 2.28. The van der Waals surface area contributed by atoms with Crippen LogP contribution in [0.25, 0.3) is 0 Å². The smallest absolute Gasteiger partial charge is 0.200 e. The number of rotatable bonds is 4. The Morgan fingerprint density at radius 1 is 0.947 bits per heavy atom. The average Bonchev–Trinajstić information content (AvgIpc) is 2.37. The summed E-state index contributed by atoms with van der Waals surface area (Å²) in [5.41, 5.74) is 4.33. The number of carbonyl (C=O) groups is 1. The second-order valence-electron chi connectivity index (χ2n) is 4.42. The summed E-state index contributed by atoms with van der Waals surface area (Å²) in [6.07, 6.45) is -0.747. The van der Waals surface area contributed by atoms with Gasteiger partial charge in [-0.15, -0.1) is 0 Å². The third-order valence-corrected chi connectivity index (χ3v) is 2.66. The topological polar surface area (TPSA) is 43.1 Å². The Morgan fingerprint density at radius 2 is 1.32 bits per heavy atom. The van der Waals surface area contributed by atoms with Gasteiger partial charge in [0.2, 0.25) is 5.82 Å². The summed E-state index contributed by atoms with van der Waals surface area (Å²) in [6.45, 7) is 3.03. The Hall–Kier alpha value is -1.50. The molecule has 0 aliphatic rings. The lowest BCUT2D eigenvalue weighted by Crippen LogP contribution is -2.36. The number of Topliss-reactive ketones (excluding diaryl/α,β-unsaturated/α-hetero) is 1. The molecule has 0 unspecified atom stereocenters. The molecule has 0 fully saturated rings. The molecule has 7 heteroatoms. The second kappa shape index (κ2) is 5.64. The minimum atomic E-state index is -2.23. The Kier molecular flexibility index (Phi) is 4.62. The lowest BCUT2D eigenvalue weighted by Gasteiger charge is -2.14. The molecule has 0 aromatic heterocycles. The molecule has 1 rings (SSSR count). The van der Waals surface area contributed by atoms with E-state index in [0.717, 1.165) is 0 Å². The van der Waals surface area contributed by atoms with Crippen molar-refractivity contribution in [2.45, 2.75) is 26.3 Å². The first kappa shape index (κ1) is 15.6. The first-order valence-corrected chi connectivity index (χ1v) is 5.48. The van der Waals surface area contributed by atoms with Crippen LogP contribution in [0.2, 0.25) is 0 Å². The summed E-state index contributed by atoms with van der Waals surface area (Å²) in [5, 5.41) is 0. The highest BCUT2D eigenvalue weighted by molar-refractivity contribution is 5.85. The summed E-state index contributed by atoms with van der Waals surface area (Å²) in [4.78, 5) is 11.5. The molecule has 0 heterocycles. The molecule has 1 aromatic carbocycles. The molecule has 2 N–H and O–H groups in total. The third-order valence-electron chi connectivity index (χ3n) is 2.66. The third kappa shape index (κ3) is 2.91. The number of ketones is 1. The zero-order chi connectivity index (χ0) is 14.9. The largest absolute Gasteiger partial charge is 0.321 e. The standard InChI is InChI=1S/C12H12F5NO/c1-4(2)12(19)6(18)3-5-7(13)9(15)11(17)10(16)8(5)14/h4,6H,3,18H2,1-2H3/t6-/m0/s1.